The highest BCUT2D eigenvalue weighted by Gasteiger charge is 2.30. The third-order valence-corrected chi connectivity index (χ3v) is 6.91. The van der Waals surface area contributed by atoms with Crippen LogP contribution in [0.3, 0.4) is 0 Å². The van der Waals surface area contributed by atoms with E-state index in [1.807, 2.05) is 48.3 Å². The van der Waals surface area contributed by atoms with Gasteiger partial charge in [0, 0.05) is 32.7 Å². The number of hydrogen-bond donors (Lipinski definition) is 1. The summed E-state index contributed by atoms with van der Waals surface area (Å²) in [6.45, 7) is 5.48. The molecule has 2 heterocycles. The van der Waals surface area contributed by atoms with Gasteiger partial charge in [0.05, 0.1) is 33.6 Å². The van der Waals surface area contributed by atoms with Gasteiger partial charge in [-0.25, -0.2) is 4.98 Å². The van der Waals surface area contributed by atoms with E-state index in [1.165, 1.54) is 0 Å². The van der Waals surface area contributed by atoms with E-state index in [2.05, 4.69) is 27.9 Å². The SMILES string of the molecule is CCN1CCC(N(C)C(C)=O)c2cccc(CS(=O)c3nc4ccccc4[nH]3)c21. The molecule has 0 aliphatic carbocycles. The van der Waals surface area contributed by atoms with Crippen molar-refractivity contribution in [1.82, 2.24) is 14.9 Å². The molecule has 0 saturated heterocycles. The normalized spacial score (nSPS) is 17.2. The van der Waals surface area contributed by atoms with Gasteiger partial charge in [-0.2, -0.15) is 0 Å². The summed E-state index contributed by atoms with van der Waals surface area (Å²) in [7, 11) is 0.572. The number of carbonyl (C=O) groups excluding carboxylic acids is 1. The third-order valence-electron chi connectivity index (χ3n) is 5.71. The van der Waals surface area contributed by atoms with Crippen LogP contribution in [0.25, 0.3) is 11.0 Å². The van der Waals surface area contributed by atoms with Gasteiger partial charge in [0.25, 0.3) is 0 Å². The van der Waals surface area contributed by atoms with E-state index in [-0.39, 0.29) is 11.9 Å². The molecule has 0 radical (unpaired) electrons. The van der Waals surface area contributed by atoms with Gasteiger partial charge in [-0.15, -0.1) is 0 Å². The summed E-state index contributed by atoms with van der Waals surface area (Å²) in [5, 5.41) is 0.500. The summed E-state index contributed by atoms with van der Waals surface area (Å²) in [5.74, 6) is 0.442. The first-order chi connectivity index (χ1) is 14.0. The second-order valence-electron chi connectivity index (χ2n) is 7.42. The zero-order valence-corrected chi connectivity index (χ0v) is 17.8. The number of benzene rings is 2. The second kappa shape index (κ2) is 7.99. The van der Waals surface area contributed by atoms with Crippen LogP contribution in [-0.2, 0) is 21.3 Å². The van der Waals surface area contributed by atoms with Crippen molar-refractivity contribution in [2.45, 2.75) is 37.2 Å². The van der Waals surface area contributed by atoms with Crippen LogP contribution in [0.15, 0.2) is 47.6 Å². The van der Waals surface area contributed by atoms with Crippen molar-refractivity contribution in [1.29, 1.82) is 0 Å². The number of aromatic amines is 1. The van der Waals surface area contributed by atoms with E-state index < -0.39 is 10.8 Å². The zero-order valence-electron chi connectivity index (χ0n) is 17.0. The summed E-state index contributed by atoms with van der Waals surface area (Å²) < 4.78 is 13.1. The standard InChI is InChI=1S/C22H26N4O2S/c1-4-26-13-12-20(25(3)15(2)27)17-9-7-8-16(21(17)26)14-29(28)22-23-18-10-5-6-11-19(18)24-22/h5-11,20H,4,12-14H2,1-3H3,(H,23,24). The Hall–Kier alpha value is -2.67. The zero-order chi connectivity index (χ0) is 20.5. The number of nitrogens with one attached hydrogen (secondary N) is 1. The van der Waals surface area contributed by atoms with Crippen LogP contribution in [0.5, 0.6) is 0 Å². The highest BCUT2D eigenvalue weighted by Crippen LogP contribution is 2.39. The van der Waals surface area contributed by atoms with Gasteiger partial charge in [-0.05, 0) is 36.6 Å². The second-order valence-corrected chi connectivity index (χ2v) is 8.78. The van der Waals surface area contributed by atoms with Crippen molar-refractivity contribution in [2.75, 3.05) is 25.0 Å². The Morgan fingerprint density at radius 1 is 1.28 bits per heavy atom. The molecule has 0 saturated carbocycles. The molecule has 1 aromatic heterocycles. The maximum Gasteiger partial charge on any atom is 0.219 e. The van der Waals surface area contributed by atoms with Gasteiger partial charge in [0.1, 0.15) is 0 Å². The van der Waals surface area contributed by atoms with E-state index in [9.17, 15) is 9.00 Å². The summed E-state index contributed by atoms with van der Waals surface area (Å²) in [4.78, 5) is 23.8. The van der Waals surface area contributed by atoms with Gasteiger partial charge in [-0.3, -0.25) is 9.00 Å². The molecule has 7 heteroatoms. The Kier molecular flexibility index (Phi) is 5.41. The van der Waals surface area contributed by atoms with Gasteiger partial charge in [0.15, 0.2) is 5.16 Å². The lowest BCUT2D eigenvalue weighted by Gasteiger charge is -2.40. The highest BCUT2D eigenvalue weighted by molar-refractivity contribution is 7.84. The summed E-state index contributed by atoms with van der Waals surface area (Å²) in [6, 6.07) is 13.9. The lowest BCUT2D eigenvalue weighted by Crippen LogP contribution is -2.39. The third kappa shape index (κ3) is 3.67. The Bertz CT molecular complexity index is 1040. The average Bonchev–Trinajstić information content (AvgIpc) is 3.17. The molecule has 2 aromatic carbocycles. The minimum absolute atomic E-state index is 0.0462. The molecule has 3 aromatic rings. The molecule has 2 atom stereocenters. The molecule has 0 bridgehead atoms. The number of para-hydroxylation sites is 3. The molecule has 2 unspecified atom stereocenters. The van der Waals surface area contributed by atoms with Crippen LogP contribution in [0.2, 0.25) is 0 Å². The van der Waals surface area contributed by atoms with Crippen molar-refractivity contribution in [3.8, 4) is 0 Å². The summed E-state index contributed by atoms with van der Waals surface area (Å²) in [5.41, 5.74) is 5.00. The quantitative estimate of drug-likeness (QED) is 0.698. The van der Waals surface area contributed by atoms with Crippen LogP contribution in [-0.4, -0.2) is 45.1 Å². The number of anilines is 1. The van der Waals surface area contributed by atoms with Crippen LogP contribution in [0.4, 0.5) is 5.69 Å². The van der Waals surface area contributed by atoms with Crippen molar-refractivity contribution >= 4 is 33.4 Å². The number of fused-ring (bicyclic) bond motifs is 2. The Balaban J connectivity index is 1.70. The van der Waals surface area contributed by atoms with Gasteiger partial charge in [0.2, 0.25) is 5.91 Å². The number of amides is 1. The fourth-order valence-electron chi connectivity index (χ4n) is 4.11. The van der Waals surface area contributed by atoms with Gasteiger partial charge >= 0.3 is 0 Å². The molecule has 6 nitrogen and oxygen atoms in total. The van der Waals surface area contributed by atoms with E-state index in [4.69, 9.17) is 0 Å². The smallest absolute Gasteiger partial charge is 0.219 e. The van der Waals surface area contributed by atoms with Crippen LogP contribution < -0.4 is 4.90 Å². The van der Waals surface area contributed by atoms with E-state index in [0.29, 0.717) is 10.9 Å². The number of H-pyrrole nitrogens is 1. The predicted molar refractivity (Wildman–Crippen MR) is 116 cm³/mol. The maximum atomic E-state index is 13.1. The number of hydrogen-bond acceptors (Lipinski definition) is 4. The molecule has 0 fully saturated rings. The monoisotopic (exact) mass is 410 g/mol. The van der Waals surface area contributed by atoms with Crippen molar-refractivity contribution in [3.63, 3.8) is 0 Å². The summed E-state index contributed by atoms with van der Waals surface area (Å²) >= 11 is 0. The molecule has 1 aliphatic rings. The van der Waals surface area contributed by atoms with Crippen molar-refractivity contribution in [2.24, 2.45) is 0 Å². The minimum Gasteiger partial charge on any atom is -0.371 e. The molecule has 29 heavy (non-hydrogen) atoms. The lowest BCUT2D eigenvalue weighted by molar-refractivity contribution is -0.129. The number of nitrogens with zero attached hydrogens (tertiary/aromatic N) is 3. The van der Waals surface area contributed by atoms with E-state index in [1.54, 1.807) is 6.92 Å². The molecular weight excluding hydrogens is 384 g/mol. The first kappa shape index (κ1) is 19.6. The topological polar surface area (TPSA) is 69.3 Å². The predicted octanol–water partition coefficient (Wildman–Crippen LogP) is 3.62. The fourth-order valence-corrected chi connectivity index (χ4v) is 5.19. The summed E-state index contributed by atoms with van der Waals surface area (Å²) in [6.07, 6.45) is 0.896. The van der Waals surface area contributed by atoms with Crippen LogP contribution in [0.1, 0.15) is 37.4 Å². The number of carbonyl (C=O) groups is 1. The average molecular weight is 411 g/mol. The fraction of sp³-hybridized carbons (Fsp3) is 0.364. The Morgan fingerprint density at radius 3 is 2.79 bits per heavy atom. The molecule has 1 aliphatic heterocycles. The Labute approximate surface area is 173 Å². The largest absolute Gasteiger partial charge is 0.371 e. The van der Waals surface area contributed by atoms with Gasteiger partial charge < -0.3 is 14.8 Å². The van der Waals surface area contributed by atoms with Crippen LogP contribution >= 0.6 is 0 Å². The maximum absolute atomic E-state index is 13.1. The van der Waals surface area contributed by atoms with Gasteiger partial charge in [-0.1, -0.05) is 30.3 Å². The number of imidazole rings is 1. The molecule has 0 spiro atoms. The number of aromatic nitrogens is 2. The first-order valence-corrected chi connectivity index (χ1v) is 11.2. The molecular formula is C22H26N4O2S. The molecule has 1 N–H and O–H groups in total. The minimum atomic E-state index is -1.29. The van der Waals surface area contributed by atoms with Crippen molar-refractivity contribution in [3.05, 3.63) is 53.6 Å². The molecule has 152 valence electrons. The van der Waals surface area contributed by atoms with Crippen LogP contribution in [0, 0.1) is 0 Å². The highest BCUT2D eigenvalue weighted by atomic mass is 32.2. The van der Waals surface area contributed by atoms with E-state index >= 15 is 0 Å². The lowest BCUT2D eigenvalue weighted by atomic mass is 9.92. The first-order valence-electron chi connectivity index (χ1n) is 9.92. The number of rotatable bonds is 5. The van der Waals surface area contributed by atoms with E-state index in [0.717, 1.165) is 47.4 Å². The molecule has 1 amide bonds. The molecule has 4 rings (SSSR count). The van der Waals surface area contributed by atoms with Crippen molar-refractivity contribution < 1.29 is 9.00 Å². The Morgan fingerprint density at radius 2 is 2.07 bits per heavy atom.